The smallest absolute Gasteiger partial charge is 0.323 e. The molecule has 0 spiro atoms. The Morgan fingerprint density at radius 2 is 1.95 bits per heavy atom. The van der Waals surface area contributed by atoms with Gasteiger partial charge in [0.15, 0.2) is 0 Å². The van der Waals surface area contributed by atoms with Crippen LogP contribution in [0, 0.1) is 0 Å². The van der Waals surface area contributed by atoms with Crippen LogP contribution in [0.25, 0.3) is 11.0 Å². The van der Waals surface area contributed by atoms with Crippen molar-refractivity contribution in [3.8, 4) is 0 Å². The summed E-state index contributed by atoms with van der Waals surface area (Å²) in [5, 5.41) is 0. The molecule has 0 aliphatic carbocycles. The van der Waals surface area contributed by atoms with Crippen molar-refractivity contribution >= 4 is 22.8 Å². The summed E-state index contributed by atoms with van der Waals surface area (Å²) in [6.07, 6.45) is 0.444. The summed E-state index contributed by atoms with van der Waals surface area (Å²) in [6.45, 7) is 3.25. The fourth-order valence-corrected chi connectivity index (χ4v) is 2.72. The molecule has 2 heterocycles. The number of rotatable bonds is 2. The monoisotopic (exact) mass is 302 g/mol. The zero-order chi connectivity index (χ0) is 15.9. The van der Waals surface area contributed by atoms with Gasteiger partial charge in [-0.2, -0.15) is 0 Å². The Hall–Kier alpha value is -2.57. The molecule has 7 nitrogen and oxygen atoms in total. The van der Waals surface area contributed by atoms with Crippen molar-refractivity contribution in [1.29, 1.82) is 0 Å². The Morgan fingerprint density at radius 1 is 1.23 bits per heavy atom. The van der Waals surface area contributed by atoms with Gasteiger partial charge in [-0.25, -0.2) is 4.79 Å². The van der Waals surface area contributed by atoms with E-state index in [4.69, 9.17) is 0 Å². The topological polar surface area (TPSA) is 78.4 Å². The van der Waals surface area contributed by atoms with E-state index in [1.54, 1.807) is 35.0 Å². The minimum atomic E-state index is -0.208. The first-order chi connectivity index (χ1) is 10.5. The molecule has 116 valence electrons. The Bertz CT molecular complexity index is 805. The van der Waals surface area contributed by atoms with Crippen LogP contribution in [0.1, 0.15) is 23.7 Å². The lowest BCUT2D eigenvalue weighted by atomic mass is 10.2. The fourth-order valence-electron chi connectivity index (χ4n) is 2.72. The quantitative estimate of drug-likeness (QED) is 0.878. The second-order valence-corrected chi connectivity index (χ2v) is 5.44. The number of carbonyl (C=O) groups is 2. The maximum absolute atomic E-state index is 12.6. The van der Waals surface area contributed by atoms with Crippen LogP contribution in [-0.4, -0.2) is 50.9 Å². The molecular formula is C15H18N4O3. The first-order valence-electron chi connectivity index (χ1n) is 7.27. The van der Waals surface area contributed by atoms with Gasteiger partial charge in [-0.3, -0.25) is 14.2 Å². The van der Waals surface area contributed by atoms with Crippen molar-refractivity contribution in [3.05, 3.63) is 34.2 Å². The first kappa shape index (κ1) is 14.4. The Labute approximate surface area is 127 Å². The number of nitrogens with one attached hydrogen (secondary N) is 1. The molecule has 22 heavy (non-hydrogen) atoms. The summed E-state index contributed by atoms with van der Waals surface area (Å²) in [5.74, 6) is -0.0688. The standard InChI is InChI=1S/C15H18N4O3/c1-3-13(20)18-6-7-19(9-18)14(21)10-4-5-11-12(8-10)17(2)15(22)16-11/h4-5,8H,3,6-7,9H2,1-2H3,(H,16,22). The molecule has 7 heteroatoms. The van der Waals surface area contributed by atoms with E-state index in [-0.39, 0.29) is 17.5 Å². The van der Waals surface area contributed by atoms with Crippen molar-refractivity contribution in [3.63, 3.8) is 0 Å². The van der Waals surface area contributed by atoms with Gasteiger partial charge in [-0.1, -0.05) is 6.92 Å². The molecule has 1 N–H and O–H groups in total. The van der Waals surface area contributed by atoms with E-state index >= 15 is 0 Å². The predicted octanol–water partition coefficient (Wildman–Crippen LogP) is 0.518. The molecule has 0 unspecified atom stereocenters. The third-order valence-corrected chi connectivity index (χ3v) is 4.08. The molecule has 0 saturated carbocycles. The van der Waals surface area contributed by atoms with Gasteiger partial charge in [0.05, 0.1) is 17.7 Å². The maximum atomic E-state index is 12.6. The van der Waals surface area contributed by atoms with E-state index in [0.29, 0.717) is 42.8 Å². The Kier molecular flexibility index (Phi) is 3.48. The molecule has 3 rings (SSSR count). The van der Waals surface area contributed by atoms with Crippen LogP contribution in [0.4, 0.5) is 0 Å². The van der Waals surface area contributed by atoms with Crippen LogP contribution in [0.5, 0.6) is 0 Å². The molecule has 1 aliphatic heterocycles. The third-order valence-electron chi connectivity index (χ3n) is 4.08. The average Bonchev–Trinajstić information content (AvgIpc) is 3.12. The zero-order valence-electron chi connectivity index (χ0n) is 12.6. The van der Waals surface area contributed by atoms with Gasteiger partial charge >= 0.3 is 5.69 Å². The number of aryl methyl sites for hydroxylation is 1. The summed E-state index contributed by atoms with van der Waals surface area (Å²) in [7, 11) is 1.66. The maximum Gasteiger partial charge on any atom is 0.326 e. The van der Waals surface area contributed by atoms with Gasteiger partial charge in [-0.15, -0.1) is 0 Å². The molecule has 0 bridgehead atoms. The number of benzene rings is 1. The van der Waals surface area contributed by atoms with Crippen molar-refractivity contribution in [2.24, 2.45) is 7.05 Å². The SMILES string of the molecule is CCC(=O)N1CCN(C(=O)c2ccc3[nH]c(=O)n(C)c3c2)C1. The highest BCUT2D eigenvalue weighted by Gasteiger charge is 2.27. The molecule has 1 fully saturated rings. The fraction of sp³-hybridized carbons (Fsp3) is 0.400. The lowest BCUT2D eigenvalue weighted by Crippen LogP contribution is -2.33. The van der Waals surface area contributed by atoms with Crippen LogP contribution in [0.3, 0.4) is 0 Å². The Morgan fingerprint density at radius 3 is 2.68 bits per heavy atom. The van der Waals surface area contributed by atoms with Crippen molar-refractivity contribution in [1.82, 2.24) is 19.4 Å². The number of aromatic amines is 1. The molecular weight excluding hydrogens is 284 g/mol. The second kappa shape index (κ2) is 5.32. The van der Waals surface area contributed by atoms with Crippen LogP contribution in [-0.2, 0) is 11.8 Å². The third kappa shape index (κ3) is 2.28. The van der Waals surface area contributed by atoms with Gasteiger partial charge in [0.1, 0.15) is 0 Å². The lowest BCUT2D eigenvalue weighted by molar-refractivity contribution is -0.130. The number of fused-ring (bicyclic) bond motifs is 1. The normalized spacial score (nSPS) is 14.8. The number of aromatic nitrogens is 2. The van der Waals surface area contributed by atoms with E-state index in [9.17, 15) is 14.4 Å². The molecule has 1 aromatic carbocycles. The number of hydrogen-bond acceptors (Lipinski definition) is 3. The highest BCUT2D eigenvalue weighted by Crippen LogP contribution is 2.16. The first-order valence-corrected chi connectivity index (χ1v) is 7.27. The van der Waals surface area contributed by atoms with Gasteiger partial charge < -0.3 is 14.8 Å². The molecule has 0 radical (unpaired) electrons. The number of nitrogens with zero attached hydrogens (tertiary/aromatic N) is 3. The number of amides is 2. The number of imidazole rings is 1. The van der Waals surface area contributed by atoms with Crippen LogP contribution in [0.15, 0.2) is 23.0 Å². The van der Waals surface area contributed by atoms with Gasteiger partial charge in [0.2, 0.25) is 5.91 Å². The van der Waals surface area contributed by atoms with E-state index in [0.717, 1.165) is 0 Å². The molecule has 1 saturated heterocycles. The summed E-state index contributed by atoms with van der Waals surface area (Å²) in [5.41, 5.74) is 1.71. The van der Waals surface area contributed by atoms with E-state index in [1.165, 1.54) is 4.57 Å². The highest BCUT2D eigenvalue weighted by molar-refractivity contribution is 5.97. The highest BCUT2D eigenvalue weighted by atomic mass is 16.2. The molecule has 1 aromatic heterocycles. The number of carbonyl (C=O) groups excluding carboxylic acids is 2. The van der Waals surface area contributed by atoms with Crippen LogP contribution in [0.2, 0.25) is 0 Å². The minimum absolute atomic E-state index is 0.0544. The molecule has 2 amide bonds. The van der Waals surface area contributed by atoms with Crippen molar-refractivity contribution in [2.75, 3.05) is 19.8 Å². The number of H-pyrrole nitrogens is 1. The summed E-state index contributed by atoms with van der Waals surface area (Å²) in [6, 6.07) is 5.14. The van der Waals surface area contributed by atoms with Gasteiger partial charge in [-0.05, 0) is 18.2 Å². The largest absolute Gasteiger partial charge is 0.326 e. The van der Waals surface area contributed by atoms with Gasteiger partial charge in [0, 0.05) is 32.1 Å². The van der Waals surface area contributed by atoms with Crippen LogP contribution >= 0.6 is 0 Å². The minimum Gasteiger partial charge on any atom is -0.323 e. The van der Waals surface area contributed by atoms with Crippen LogP contribution < -0.4 is 5.69 Å². The molecule has 0 atom stereocenters. The second-order valence-electron chi connectivity index (χ2n) is 5.44. The summed E-state index contributed by atoms with van der Waals surface area (Å²) >= 11 is 0. The summed E-state index contributed by atoms with van der Waals surface area (Å²) in [4.78, 5) is 41.9. The van der Waals surface area contributed by atoms with Crippen molar-refractivity contribution in [2.45, 2.75) is 13.3 Å². The van der Waals surface area contributed by atoms with E-state index < -0.39 is 0 Å². The lowest BCUT2D eigenvalue weighted by Gasteiger charge is -2.18. The summed E-state index contributed by atoms with van der Waals surface area (Å²) < 4.78 is 1.48. The molecule has 2 aromatic rings. The van der Waals surface area contributed by atoms with E-state index in [1.807, 2.05) is 6.92 Å². The Balaban J connectivity index is 1.85. The predicted molar refractivity (Wildman–Crippen MR) is 81.4 cm³/mol. The van der Waals surface area contributed by atoms with Crippen molar-refractivity contribution < 1.29 is 9.59 Å². The average molecular weight is 302 g/mol. The zero-order valence-corrected chi connectivity index (χ0v) is 12.6. The van der Waals surface area contributed by atoms with E-state index in [2.05, 4.69) is 4.98 Å². The van der Waals surface area contributed by atoms with Gasteiger partial charge in [0.25, 0.3) is 5.91 Å². The molecule has 1 aliphatic rings. The number of hydrogen-bond donors (Lipinski definition) is 1.